The van der Waals surface area contributed by atoms with E-state index in [1.807, 2.05) is 0 Å². The molecule has 1 unspecified atom stereocenters. The Hall–Kier alpha value is -1.24. The fourth-order valence-electron chi connectivity index (χ4n) is 3.90. The van der Waals surface area contributed by atoms with E-state index in [2.05, 4.69) is 49.0 Å². The van der Waals surface area contributed by atoms with Crippen LogP contribution in [0, 0.1) is 5.92 Å². The Morgan fingerprint density at radius 1 is 1.05 bits per heavy atom. The van der Waals surface area contributed by atoms with Crippen LogP contribution in [0.1, 0.15) is 37.7 Å². The molecule has 3 rings (SSSR count). The SMILES string of the molecule is C=CC1CB(C2CCCCC2)C=C1c1ccccc1. The molecule has 0 N–H and O–H groups in total. The number of rotatable bonds is 3. The Bertz CT molecular complexity index is 454. The molecular formula is C18H23B. The summed E-state index contributed by atoms with van der Waals surface area (Å²) >= 11 is 0. The van der Waals surface area contributed by atoms with E-state index in [9.17, 15) is 0 Å². The van der Waals surface area contributed by atoms with E-state index in [1.54, 1.807) is 0 Å². The molecule has 0 bridgehead atoms. The molecular weight excluding hydrogens is 227 g/mol. The van der Waals surface area contributed by atoms with E-state index in [0.29, 0.717) is 5.92 Å². The van der Waals surface area contributed by atoms with Gasteiger partial charge >= 0.3 is 0 Å². The molecule has 1 atom stereocenters. The van der Waals surface area contributed by atoms with Crippen LogP contribution in [0.2, 0.25) is 12.1 Å². The first-order valence-corrected chi connectivity index (χ1v) is 7.78. The van der Waals surface area contributed by atoms with E-state index in [0.717, 1.165) is 12.5 Å². The summed E-state index contributed by atoms with van der Waals surface area (Å²) in [6.07, 6.45) is 10.6. The second kappa shape index (κ2) is 5.82. The van der Waals surface area contributed by atoms with Crippen molar-refractivity contribution in [3.63, 3.8) is 0 Å². The fourth-order valence-corrected chi connectivity index (χ4v) is 3.90. The number of benzene rings is 1. The average molecular weight is 250 g/mol. The third-order valence-electron chi connectivity index (χ3n) is 4.97. The smallest absolute Gasteiger partial charge is 0.110 e. The van der Waals surface area contributed by atoms with Crippen molar-refractivity contribution in [3.05, 3.63) is 54.5 Å². The lowest BCUT2D eigenvalue weighted by atomic mass is 9.38. The largest absolute Gasteiger partial charge is 0.170 e. The molecule has 0 radical (unpaired) electrons. The van der Waals surface area contributed by atoms with Crippen molar-refractivity contribution in [2.24, 2.45) is 5.92 Å². The molecule has 1 fully saturated rings. The van der Waals surface area contributed by atoms with E-state index < -0.39 is 0 Å². The number of hydrogen-bond acceptors (Lipinski definition) is 0. The quantitative estimate of drug-likeness (QED) is 0.507. The van der Waals surface area contributed by atoms with Crippen LogP contribution in [0.3, 0.4) is 0 Å². The molecule has 2 aliphatic rings. The summed E-state index contributed by atoms with van der Waals surface area (Å²) < 4.78 is 0. The minimum absolute atomic E-state index is 0.564. The third-order valence-corrected chi connectivity index (χ3v) is 4.97. The van der Waals surface area contributed by atoms with Gasteiger partial charge < -0.3 is 0 Å². The van der Waals surface area contributed by atoms with Crippen molar-refractivity contribution in [3.8, 4) is 0 Å². The van der Waals surface area contributed by atoms with Crippen molar-refractivity contribution in [2.75, 3.05) is 0 Å². The molecule has 1 aliphatic heterocycles. The minimum Gasteiger partial charge on any atom is -0.110 e. The average Bonchev–Trinajstić information content (AvgIpc) is 2.93. The molecule has 1 aliphatic carbocycles. The van der Waals surface area contributed by atoms with Crippen molar-refractivity contribution in [1.29, 1.82) is 0 Å². The van der Waals surface area contributed by atoms with E-state index in [1.165, 1.54) is 49.6 Å². The molecule has 98 valence electrons. The third kappa shape index (κ3) is 2.70. The van der Waals surface area contributed by atoms with E-state index in [-0.39, 0.29) is 0 Å². The van der Waals surface area contributed by atoms with Gasteiger partial charge in [-0.05, 0) is 17.1 Å². The number of allylic oxidation sites excluding steroid dienone is 2. The van der Waals surface area contributed by atoms with Gasteiger partial charge in [0, 0.05) is 0 Å². The second-order valence-corrected chi connectivity index (χ2v) is 6.13. The molecule has 19 heavy (non-hydrogen) atoms. The Morgan fingerprint density at radius 2 is 1.79 bits per heavy atom. The highest BCUT2D eigenvalue weighted by Gasteiger charge is 2.33. The molecule has 1 heterocycles. The normalized spacial score (nSPS) is 24.3. The molecule has 0 nitrogen and oxygen atoms in total. The molecule has 1 aromatic carbocycles. The van der Waals surface area contributed by atoms with E-state index in [4.69, 9.17) is 0 Å². The van der Waals surface area contributed by atoms with Gasteiger partial charge in [-0.2, -0.15) is 0 Å². The molecule has 1 saturated carbocycles. The maximum atomic E-state index is 4.06. The van der Waals surface area contributed by atoms with E-state index >= 15 is 0 Å². The first kappa shape index (κ1) is 12.8. The molecule has 0 saturated heterocycles. The predicted octanol–water partition coefficient (Wildman–Crippen LogP) is 5.25. The van der Waals surface area contributed by atoms with Crippen molar-refractivity contribution in [2.45, 2.75) is 44.2 Å². The summed E-state index contributed by atoms with van der Waals surface area (Å²) in [7, 11) is 0. The maximum absolute atomic E-state index is 4.06. The summed E-state index contributed by atoms with van der Waals surface area (Å²) in [6.45, 7) is 4.85. The van der Waals surface area contributed by atoms with Gasteiger partial charge in [-0.15, -0.1) is 12.6 Å². The summed E-state index contributed by atoms with van der Waals surface area (Å²) in [5.41, 5.74) is 2.91. The van der Waals surface area contributed by atoms with Crippen LogP contribution < -0.4 is 0 Å². The lowest BCUT2D eigenvalue weighted by Crippen LogP contribution is -2.19. The maximum Gasteiger partial charge on any atom is 0.170 e. The van der Waals surface area contributed by atoms with Gasteiger partial charge in [0.1, 0.15) is 0 Å². The number of hydrogen-bond donors (Lipinski definition) is 0. The predicted molar refractivity (Wildman–Crippen MR) is 85.5 cm³/mol. The van der Waals surface area contributed by atoms with Gasteiger partial charge in [-0.25, -0.2) is 0 Å². The topological polar surface area (TPSA) is 0 Å². The molecule has 1 aromatic rings. The van der Waals surface area contributed by atoms with Crippen LogP contribution in [0.5, 0.6) is 0 Å². The zero-order valence-electron chi connectivity index (χ0n) is 11.7. The van der Waals surface area contributed by atoms with Crippen LogP contribution in [0.4, 0.5) is 0 Å². The molecule has 0 spiro atoms. The Balaban J connectivity index is 1.82. The zero-order valence-corrected chi connectivity index (χ0v) is 11.7. The van der Waals surface area contributed by atoms with Crippen LogP contribution in [-0.2, 0) is 0 Å². The summed E-state index contributed by atoms with van der Waals surface area (Å²) in [5.74, 6) is 4.06. The van der Waals surface area contributed by atoms with Gasteiger partial charge in [0.25, 0.3) is 0 Å². The van der Waals surface area contributed by atoms with Crippen molar-refractivity contribution >= 4 is 12.3 Å². The lowest BCUT2D eigenvalue weighted by molar-refractivity contribution is 0.497. The first-order valence-electron chi connectivity index (χ1n) is 7.78. The van der Waals surface area contributed by atoms with Crippen molar-refractivity contribution < 1.29 is 0 Å². The van der Waals surface area contributed by atoms with Crippen molar-refractivity contribution in [1.82, 2.24) is 0 Å². The van der Waals surface area contributed by atoms with Gasteiger partial charge in [0.15, 0.2) is 6.71 Å². The van der Waals surface area contributed by atoms with Crippen LogP contribution in [-0.4, -0.2) is 6.71 Å². The standard InChI is InChI=1S/C18H23B/c1-2-15-13-19(17-11-7-4-8-12-17)14-18(15)16-9-5-3-6-10-16/h2-3,5-6,9-10,14-15,17H,1,4,7-8,11-13H2. The Labute approximate surface area is 117 Å². The van der Waals surface area contributed by atoms with Gasteiger partial charge in [0.05, 0.1) is 0 Å². The summed E-state index contributed by atoms with van der Waals surface area (Å²) in [4.78, 5) is 0. The van der Waals surface area contributed by atoms with Gasteiger partial charge in [0.2, 0.25) is 0 Å². The zero-order chi connectivity index (χ0) is 13.1. The Morgan fingerprint density at radius 3 is 2.47 bits per heavy atom. The summed E-state index contributed by atoms with van der Waals surface area (Å²) in [5, 5.41) is 0. The van der Waals surface area contributed by atoms with Crippen LogP contribution in [0.15, 0.2) is 49.0 Å². The highest BCUT2D eigenvalue weighted by Crippen LogP contribution is 2.42. The second-order valence-electron chi connectivity index (χ2n) is 6.13. The monoisotopic (exact) mass is 250 g/mol. The Kier molecular flexibility index (Phi) is 3.91. The highest BCUT2D eigenvalue weighted by molar-refractivity contribution is 6.68. The lowest BCUT2D eigenvalue weighted by Gasteiger charge is -2.24. The first-order chi connectivity index (χ1) is 9.38. The molecule has 0 aromatic heterocycles. The minimum atomic E-state index is 0.564. The molecule has 1 heteroatoms. The summed E-state index contributed by atoms with van der Waals surface area (Å²) in [6, 6.07) is 10.9. The van der Waals surface area contributed by atoms with Gasteiger partial charge in [-0.3, -0.25) is 0 Å². The fraction of sp³-hybridized carbons (Fsp3) is 0.444. The highest BCUT2D eigenvalue weighted by atomic mass is 14.2. The molecule has 0 amide bonds. The van der Waals surface area contributed by atoms with Gasteiger partial charge in [-0.1, -0.05) is 80.6 Å². The van der Waals surface area contributed by atoms with Crippen LogP contribution in [0.25, 0.3) is 5.57 Å². The van der Waals surface area contributed by atoms with Crippen LogP contribution >= 0.6 is 0 Å².